The largest absolute Gasteiger partial charge is 0.219 e. The third-order valence-electron chi connectivity index (χ3n) is 8.95. The highest BCUT2D eigenvalue weighted by molar-refractivity contribution is 7.91. The number of hydrogen-bond acceptors (Lipinski definition) is 10. The van der Waals surface area contributed by atoms with Crippen molar-refractivity contribution in [3.63, 3.8) is 0 Å². The first kappa shape index (κ1) is 32.9. The van der Waals surface area contributed by atoms with Gasteiger partial charge in [0.2, 0.25) is 19.7 Å². The van der Waals surface area contributed by atoms with Crippen molar-refractivity contribution in [2.45, 2.75) is 19.6 Å². The zero-order valence-electron chi connectivity index (χ0n) is 26.4. The van der Waals surface area contributed by atoms with Crippen LogP contribution in [0.4, 0.5) is 0 Å². The molecule has 12 heteroatoms. The summed E-state index contributed by atoms with van der Waals surface area (Å²) in [6.45, 7) is 0. The molecule has 0 atom stereocenters. The summed E-state index contributed by atoms with van der Waals surface area (Å²) in [6.07, 6.45) is 0. The van der Waals surface area contributed by atoms with Crippen molar-refractivity contribution >= 4 is 30.8 Å². The van der Waals surface area contributed by atoms with Crippen molar-refractivity contribution < 1.29 is 16.8 Å². The summed E-state index contributed by atoms with van der Waals surface area (Å²) in [5, 5.41) is 58.4. The van der Waals surface area contributed by atoms with Crippen LogP contribution in [0.5, 0.6) is 0 Å². The normalized spacial score (nSPS) is 12.0. The van der Waals surface area contributed by atoms with Gasteiger partial charge in [-0.2, -0.15) is 31.6 Å². The van der Waals surface area contributed by atoms with Gasteiger partial charge in [0, 0.05) is 11.1 Å². The predicted molar refractivity (Wildman–Crippen MR) is 185 cm³/mol. The van der Waals surface area contributed by atoms with Gasteiger partial charge in [-0.15, -0.1) is 0 Å². The Bertz CT molecular complexity index is 2790. The molecule has 0 fully saturated rings. The van der Waals surface area contributed by atoms with Crippen molar-refractivity contribution in [2.75, 3.05) is 0 Å². The molecule has 0 spiro atoms. The standard InChI is InChI=1S/C40H16N6O4S2/c41-17-23-1-5-27(6-2-23)51(47,48)29-9-11-31-33-15-34-32-12-10-30(52(49,50)28-7-3-24(18-42)4-8-28)14-36(32)40(26(21-45)22-46)38(34)16-37(33)39(35(31)13-29)25(19-43)20-44/h1-16H. The van der Waals surface area contributed by atoms with E-state index in [-0.39, 0.29) is 53.0 Å². The van der Waals surface area contributed by atoms with E-state index in [1.165, 1.54) is 72.8 Å². The molecule has 52 heavy (non-hydrogen) atoms. The highest BCUT2D eigenvalue weighted by Gasteiger charge is 2.35. The fraction of sp³-hybridized carbons (Fsp3) is 0. The minimum Gasteiger partial charge on any atom is -0.219 e. The van der Waals surface area contributed by atoms with Crippen LogP contribution in [0.3, 0.4) is 0 Å². The Labute approximate surface area is 298 Å². The lowest BCUT2D eigenvalue weighted by molar-refractivity contribution is 0.594. The van der Waals surface area contributed by atoms with Crippen LogP contribution in [-0.4, -0.2) is 16.8 Å². The molecular formula is C40H16N6O4S2. The number of hydrogen-bond donors (Lipinski definition) is 0. The maximum atomic E-state index is 13.7. The van der Waals surface area contributed by atoms with Gasteiger partial charge >= 0.3 is 0 Å². The van der Waals surface area contributed by atoms with Crippen molar-refractivity contribution in [3.8, 4) is 58.7 Å². The molecule has 2 aliphatic rings. The third-order valence-corrected chi connectivity index (χ3v) is 12.5. The van der Waals surface area contributed by atoms with Gasteiger partial charge in [-0.3, -0.25) is 0 Å². The van der Waals surface area contributed by atoms with Gasteiger partial charge < -0.3 is 0 Å². The first-order chi connectivity index (χ1) is 25.0. The van der Waals surface area contributed by atoms with Gasteiger partial charge in [0.1, 0.15) is 35.4 Å². The molecule has 242 valence electrons. The molecule has 0 saturated carbocycles. The van der Waals surface area contributed by atoms with Crippen molar-refractivity contribution in [3.05, 3.63) is 142 Å². The van der Waals surface area contributed by atoms with E-state index in [1.807, 2.05) is 36.4 Å². The molecule has 0 N–H and O–H groups in total. The van der Waals surface area contributed by atoms with E-state index in [2.05, 4.69) is 0 Å². The van der Waals surface area contributed by atoms with Crippen LogP contribution >= 0.6 is 0 Å². The van der Waals surface area contributed by atoms with E-state index in [0.29, 0.717) is 44.5 Å². The number of rotatable bonds is 4. The molecule has 5 aromatic rings. The average Bonchev–Trinajstić information content (AvgIpc) is 3.66. The summed E-state index contributed by atoms with van der Waals surface area (Å²) in [5.41, 5.74) is 3.79. The van der Waals surface area contributed by atoms with E-state index in [4.69, 9.17) is 10.5 Å². The predicted octanol–water partition coefficient (Wildman–Crippen LogP) is 6.75. The average molecular weight is 709 g/mol. The lowest BCUT2D eigenvalue weighted by Crippen LogP contribution is -2.03. The smallest absolute Gasteiger partial charge is 0.206 e. The van der Waals surface area contributed by atoms with E-state index in [9.17, 15) is 37.9 Å². The number of nitriles is 6. The number of fused-ring (bicyclic) bond motifs is 6. The number of sulfone groups is 2. The maximum Gasteiger partial charge on any atom is 0.206 e. The summed E-state index contributed by atoms with van der Waals surface area (Å²) in [5.74, 6) is 0. The molecule has 0 aliphatic heterocycles. The molecule has 0 radical (unpaired) electrons. The fourth-order valence-electron chi connectivity index (χ4n) is 6.52. The summed E-state index contributed by atoms with van der Waals surface area (Å²) in [7, 11) is -8.19. The highest BCUT2D eigenvalue weighted by atomic mass is 32.2. The van der Waals surface area contributed by atoms with Crippen LogP contribution in [0.15, 0.2) is 128 Å². The van der Waals surface area contributed by atoms with E-state index < -0.39 is 19.7 Å². The summed E-state index contributed by atoms with van der Waals surface area (Å²) in [4.78, 5) is -0.330. The van der Waals surface area contributed by atoms with Gasteiger partial charge in [0.15, 0.2) is 0 Å². The third kappa shape index (κ3) is 4.86. The Kier molecular flexibility index (Phi) is 7.65. The molecule has 10 nitrogen and oxygen atoms in total. The molecule has 2 aliphatic carbocycles. The molecule has 0 bridgehead atoms. The van der Waals surface area contributed by atoms with Crippen LogP contribution in [0.1, 0.15) is 33.4 Å². The minimum absolute atomic E-state index is 0.0558. The summed E-state index contributed by atoms with van der Waals surface area (Å²) < 4.78 is 54.7. The van der Waals surface area contributed by atoms with Gasteiger partial charge in [-0.1, -0.05) is 12.1 Å². The van der Waals surface area contributed by atoms with Crippen molar-refractivity contribution in [2.24, 2.45) is 0 Å². The van der Waals surface area contributed by atoms with Crippen molar-refractivity contribution in [1.82, 2.24) is 0 Å². The SMILES string of the molecule is N#CC(C#N)=C1c2cc(S(=O)(=O)c3ccc(C#N)cc3)ccc2-c2cc3c(cc21)C(=C(C#N)C#N)c1cc(S(=O)(=O)c2ccc(C#N)cc2)ccc1-3. The fourth-order valence-corrected chi connectivity index (χ4v) is 9.09. The Morgan fingerprint density at radius 3 is 1.00 bits per heavy atom. The molecule has 0 heterocycles. The zero-order valence-corrected chi connectivity index (χ0v) is 28.0. The molecule has 0 saturated heterocycles. The van der Waals surface area contributed by atoms with Gasteiger partial charge in [0.25, 0.3) is 0 Å². The lowest BCUT2D eigenvalue weighted by atomic mass is 9.93. The van der Waals surface area contributed by atoms with E-state index >= 15 is 0 Å². The maximum absolute atomic E-state index is 13.7. The highest BCUT2D eigenvalue weighted by Crippen LogP contribution is 2.54. The van der Waals surface area contributed by atoms with Crippen LogP contribution in [0.2, 0.25) is 0 Å². The topological polar surface area (TPSA) is 211 Å². The lowest BCUT2D eigenvalue weighted by Gasteiger charge is -2.09. The monoisotopic (exact) mass is 708 g/mol. The minimum atomic E-state index is -4.09. The second-order valence-corrected chi connectivity index (χ2v) is 15.5. The summed E-state index contributed by atoms with van der Waals surface area (Å²) >= 11 is 0. The number of allylic oxidation sites excluding steroid dienone is 2. The quantitative estimate of drug-likeness (QED) is 0.175. The molecular weight excluding hydrogens is 693 g/mol. The van der Waals surface area contributed by atoms with Crippen LogP contribution in [-0.2, 0) is 19.7 Å². The second kappa shape index (κ2) is 12.1. The molecule has 0 unspecified atom stereocenters. The summed E-state index contributed by atoms with van der Waals surface area (Å²) in [6, 6.07) is 34.5. The zero-order chi connectivity index (χ0) is 36.9. The van der Waals surface area contributed by atoms with Crippen molar-refractivity contribution in [1.29, 1.82) is 31.6 Å². The second-order valence-electron chi connectivity index (χ2n) is 11.6. The number of nitrogens with zero attached hydrogens (tertiary/aromatic N) is 6. The first-order valence-corrected chi connectivity index (χ1v) is 18.1. The molecule has 0 aromatic heterocycles. The van der Waals surface area contributed by atoms with Crippen LogP contribution in [0, 0.1) is 68.0 Å². The number of benzene rings is 5. The van der Waals surface area contributed by atoms with E-state index in [1.54, 1.807) is 24.3 Å². The van der Waals surface area contributed by atoms with Gasteiger partial charge in [0.05, 0.1) is 42.8 Å². The first-order valence-electron chi connectivity index (χ1n) is 15.1. The Morgan fingerprint density at radius 2 is 0.673 bits per heavy atom. The Morgan fingerprint density at radius 1 is 0.365 bits per heavy atom. The molecule has 5 aromatic carbocycles. The van der Waals surface area contributed by atoms with Crippen LogP contribution < -0.4 is 0 Å². The van der Waals surface area contributed by atoms with Gasteiger partial charge in [-0.25, -0.2) is 16.8 Å². The molecule has 0 amide bonds. The Balaban J connectivity index is 1.44. The van der Waals surface area contributed by atoms with Gasteiger partial charge in [-0.05, 0) is 129 Å². The molecule has 7 rings (SSSR count). The van der Waals surface area contributed by atoms with Crippen LogP contribution in [0.25, 0.3) is 33.4 Å². The van der Waals surface area contributed by atoms with E-state index in [0.717, 1.165) is 0 Å². The Hall–Kier alpha value is -7.58.